The standard InChI is InChI=1S/C27H24F3N4.C27H27N4.C25H26F3N4.C23H20F5N4/c1-15-16-10-6-7-11-17(16)19(26(2,3)4)14-18(15)24-22-23(25(27(28,29)30)33-34(24)5)32-21-13-9-8-12-20(21)31-22;1-16-18-11-7-8-12-19(18)21(27(3,4)5)15-20(16)26-25-24(17(2)30-31(26)6)28-22-13-9-10-14-23(22)29-25;1-13-16-10-8-9-11-17(16)19(24(4,5)6)12-18(13)22-20-21(30-15(3)14(2)29-20)23(25(26,27)28)31-32(22)7;1-11-12-8-6-7-9-13(12)15(22(2,3)4)10-14(11)18-16-17(30-21(25)20(24)29-16)19(23(26,27)28)31-32(18)5/h6-14H,1-5H3;7-15H,1-6H3;8-12H,1-7H3;6-10H,1-5H3/q4*+1/i;2D3;;. The summed E-state index contributed by atoms with van der Waals surface area (Å²) in [5.74, 6) is -3.29. The van der Waals surface area contributed by atoms with Crippen LogP contribution in [-0.4, -0.2) is 60.3 Å². The quantitative estimate of drug-likeness (QED) is 0.0929. The number of halogens is 11. The molecule has 0 unspecified atom stereocenters. The first-order valence-electron chi connectivity index (χ1n) is 43.3. The number of aryl methyl sites for hydroxylation is 11. The zero-order valence-corrected chi connectivity index (χ0v) is 75.5. The van der Waals surface area contributed by atoms with Crippen LogP contribution in [0.2, 0.25) is 0 Å². The molecule has 0 aliphatic rings. The number of benzene rings is 10. The Morgan fingerprint density at radius 1 is 0.256 bits per heavy atom. The Hall–Kier alpha value is -13.3. The molecule has 0 amide bonds. The normalized spacial score (nSPS) is 13.0. The Morgan fingerprint density at radius 2 is 0.465 bits per heavy atom. The zero-order chi connectivity index (χ0) is 96.0. The Labute approximate surface area is 742 Å². The number of nitrogens with zero attached hydrogens (tertiary/aromatic N) is 16. The van der Waals surface area contributed by atoms with Gasteiger partial charge in [0.2, 0.25) is 17.1 Å². The lowest BCUT2D eigenvalue weighted by atomic mass is 9.80. The van der Waals surface area contributed by atoms with Gasteiger partial charge >= 0.3 is 18.5 Å². The highest BCUT2D eigenvalue weighted by Crippen LogP contribution is 2.47. The fourth-order valence-corrected chi connectivity index (χ4v) is 17.2. The summed E-state index contributed by atoms with van der Waals surface area (Å²) >= 11 is 0. The monoisotopic (exact) mass is 1760 g/mol. The first kappa shape index (κ1) is 86.4. The number of hydrogen-bond donors (Lipinski definition) is 0. The van der Waals surface area contributed by atoms with Gasteiger partial charge in [-0.15, -0.1) is 0 Å². The van der Waals surface area contributed by atoms with Gasteiger partial charge in [-0.1, -0.05) is 223 Å². The van der Waals surface area contributed by atoms with Gasteiger partial charge in [0.05, 0.1) is 55.7 Å². The molecule has 27 heteroatoms. The van der Waals surface area contributed by atoms with Crippen molar-refractivity contribution in [2.24, 2.45) is 28.2 Å². The average molecular weight is 1760 g/mol. The van der Waals surface area contributed by atoms with Gasteiger partial charge in [0, 0.05) is 19.4 Å². The summed E-state index contributed by atoms with van der Waals surface area (Å²) in [7, 11) is 6.17. The molecule has 0 spiro atoms. The maximum Gasteiger partial charge on any atom is 0.441 e. The van der Waals surface area contributed by atoms with Crippen LogP contribution >= 0.6 is 0 Å². The predicted molar refractivity (Wildman–Crippen MR) is 484 cm³/mol. The molecule has 10 aromatic carbocycles. The Morgan fingerprint density at radius 3 is 0.744 bits per heavy atom. The van der Waals surface area contributed by atoms with Crippen molar-refractivity contribution < 1.29 is 71.1 Å². The number of fused-ring (bicyclic) bond motifs is 10. The molecule has 0 saturated carbocycles. The third-order valence-corrected chi connectivity index (χ3v) is 23.7. The molecule has 0 fully saturated rings. The molecule has 18 rings (SSSR count). The topological polar surface area (TPSA) is 170 Å². The van der Waals surface area contributed by atoms with Crippen molar-refractivity contribution in [1.82, 2.24) is 60.3 Å². The van der Waals surface area contributed by atoms with E-state index in [4.69, 9.17) is 14.1 Å². The Kier molecular flexibility index (Phi) is 21.9. The van der Waals surface area contributed by atoms with Crippen molar-refractivity contribution in [2.75, 3.05) is 0 Å². The summed E-state index contributed by atoms with van der Waals surface area (Å²) < 4.78 is 182. The lowest BCUT2D eigenvalue weighted by Gasteiger charge is -2.24. The first-order chi connectivity index (χ1) is 61.5. The second kappa shape index (κ2) is 32.8. The molecule has 16 nitrogen and oxygen atoms in total. The number of alkyl halides is 9. The van der Waals surface area contributed by atoms with Gasteiger partial charge < -0.3 is 0 Å². The molecule has 0 aliphatic heterocycles. The second-order valence-electron chi connectivity index (χ2n) is 36.8. The van der Waals surface area contributed by atoms with E-state index in [2.05, 4.69) is 168 Å². The lowest BCUT2D eigenvalue weighted by molar-refractivity contribution is -0.720. The molecule has 0 radical (unpaired) electrons. The maximum atomic E-state index is 14.1. The predicted octanol–water partition coefficient (Wildman–Crippen LogP) is 23.7. The van der Waals surface area contributed by atoms with Gasteiger partial charge in [-0.3, -0.25) is 0 Å². The van der Waals surface area contributed by atoms with Crippen LogP contribution in [0.15, 0.2) is 170 Å². The summed E-state index contributed by atoms with van der Waals surface area (Å²) in [6, 6.07) is 55.0. The van der Waals surface area contributed by atoms with E-state index in [9.17, 15) is 48.3 Å². The number of rotatable bonds is 4. The van der Waals surface area contributed by atoms with Crippen LogP contribution < -0.4 is 18.7 Å². The third kappa shape index (κ3) is 16.8. The molecule has 0 N–H and O–H groups in total. The number of para-hydroxylation sites is 4. The number of aromatic nitrogens is 16. The molecule has 18 aromatic rings. The highest BCUT2D eigenvalue weighted by Gasteiger charge is 2.46. The molecule has 658 valence electrons. The Balaban J connectivity index is 0.000000135. The van der Waals surface area contributed by atoms with Gasteiger partial charge in [-0.2, -0.15) is 48.3 Å². The summed E-state index contributed by atoms with van der Waals surface area (Å²) in [6.07, 6.45) is -14.2. The van der Waals surface area contributed by atoms with Crippen LogP contribution in [-0.2, 0) is 68.4 Å². The van der Waals surface area contributed by atoms with Crippen LogP contribution in [0.4, 0.5) is 48.3 Å². The minimum Gasteiger partial charge on any atom is -0.247 e. The SMILES string of the molecule is Cc1c(-c2c3nc(F)c(F)nc3c(C(F)(F)F)n[n+]2C)cc(C(C)(C)C)c2ccccc12.Cc1c(-c2c3nc4ccccc4nc3c(C(F)(F)F)n[n+]2C)cc(C(C)(C)C)c2ccccc12.Cc1nc2c(C(F)(F)F)n[n+](C)c(-c3cc(C(C)(C)C)c4ccccc4c3C)c2nc1C.[2H]C([2H])([2H])c1n[n+](C)c(-c2cc(C(C)(C)C)c3ccccc3c2C)c2nc3ccccc3nc12. The van der Waals surface area contributed by atoms with Crippen molar-refractivity contribution in [3.05, 3.63) is 260 Å². The van der Waals surface area contributed by atoms with Gasteiger partial charge in [-0.05, 0) is 211 Å². The van der Waals surface area contributed by atoms with Crippen LogP contribution in [0.25, 0.3) is 154 Å². The van der Waals surface area contributed by atoms with Gasteiger partial charge in [0.1, 0.15) is 27.8 Å². The minimum absolute atomic E-state index is 0.0403. The third-order valence-electron chi connectivity index (χ3n) is 23.7. The highest BCUT2D eigenvalue weighted by atomic mass is 19.4. The number of hydrogen-bond acceptors (Lipinski definition) is 12. The summed E-state index contributed by atoms with van der Waals surface area (Å²) in [5.41, 5.74) is 11.7. The highest BCUT2D eigenvalue weighted by molar-refractivity contribution is 6.04. The van der Waals surface area contributed by atoms with E-state index >= 15 is 0 Å². The van der Waals surface area contributed by atoms with Crippen LogP contribution in [0.5, 0.6) is 0 Å². The molecule has 0 aliphatic carbocycles. The van der Waals surface area contributed by atoms with Crippen molar-refractivity contribution >= 4 is 109 Å². The average Bonchev–Trinajstić information content (AvgIpc) is 0.739. The molecule has 0 saturated heterocycles. The lowest BCUT2D eigenvalue weighted by Crippen LogP contribution is -2.39. The molecular formula is C102H97F11N16+4. The van der Waals surface area contributed by atoms with E-state index in [1.807, 2.05) is 139 Å². The largest absolute Gasteiger partial charge is 0.441 e. The summed E-state index contributed by atoms with van der Waals surface area (Å²) in [4.78, 5) is 34.3. The van der Waals surface area contributed by atoms with E-state index < -0.39 is 65.4 Å². The molecule has 129 heavy (non-hydrogen) atoms. The van der Waals surface area contributed by atoms with E-state index in [0.29, 0.717) is 61.4 Å². The van der Waals surface area contributed by atoms with Crippen molar-refractivity contribution in [2.45, 2.75) is 172 Å². The van der Waals surface area contributed by atoms with Gasteiger partial charge in [0.15, 0.2) is 50.3 Å². The van der Waals surface area contributed by atoms with Gasteiger partial charge in [-0.25, -0.2) is 39.9 Å². The van der Waals surface area contributed by atoms with Gasteiger partial charge in [0.25, 0.3) is 34.7 Å². The van der Waals surface area contributed by atoms with Crippen LogP contribution in [0, 0.1) is 60.3 Å². The van der Waals surface area contributed by atoms with Crippen molar-refractivity contribution in [3.63, 3.8) is 0 Å². The van der Waals surface area contributed by atoms with E-state index in [0.717, 1.165) is 104 Å². The van der Waals surface area contributed by atoms with E-state index in [1.54, 1.807) is 49.8 Å². The Bertz CT molecular complexity index is 7350. The second-order valence-corrected chi connectivity index (χ2v) is 36.8. The van der Waals surface area contributed by atoms with E-state index in [1.165, 1.54) is 41.5 Å². The molecule has 8 aromatic heterocycles. The summed E-state index contributed by atoms with van der Waals surface area (Å²) in [5, 5.41) is 24.6. The smallest absolute Gasteiger partial charge is 0.247 e. The van der Waals surface area contributed by atoms with Crippen molar-refractivity contribution in [3.8, 4) is 45.0 Å². The maximum absolute atomic E-state index is 14.1. The minimum atomic E-state index is -4.93. The first-order valence-corrected chi connectivity index (χ1v) is 41.8. The molecule has 0 atom stereocenters. The molecule has 0 bridgehead atoms. The molecular weight excluding hydrogens is 1660 g/mol. The summed E-state index contributed by atoms with van der Waals surface area (Å²) in [6.45, 7) is 34.3. The van der Waals surface area contributed by atoms with Crippen molar-refractivity contribution in [1.29, 1.82) is 0 Å². The van der Waals surface area contributed by atoms with Crippen LogP contribution in [0.1, 0.15) is 166 Å². The molecule has 8 heterocycles. The fraction of sp³-hybridized carbons (Fsp3) is 0.294. The van der Waals surface area contributed by atoms with E-state index in [-0.39, 0.29) is 55.1 Å². The van der Waals surface area contributed by atoms with Crippen LogP contribution in [0.3, 0.4) is 0 Å². The zero-order valence-electron chi connectivity index (χ0n) is 78.5. The fourth-order valence-electron chi connectivity index (χ4n) is 17.2.